The first-order valence-corrected chi connectivity index (χ1v) is 6.62. The third-order valence-corrected chi connectivity index (χ3v) is 3.87. The van der Waals surface area contributed by atoms with Crippen LogP contribution < -0.4 is 5.73 Å². The Morgan fingerprint density at radius 2 is 1.57 bits per heavy atom. The van der Waals surface area contributed by atoms with Gasteiger partial charge in [-0.15, -0.1) is 0 Å². The summed E-state index contributed by atoms with van der Waals surface area (Å²) in [4.78, 5) is 36.7. The SMILES string of the molecule is CC(=O)c1cc(Cl)c2c(c1N)C(=O)c1ccccc1C2=O. The summed E-state index contributed by atoms with van der Waals surface area (Å²) in [6.07, 6.45) is 0. The smallest absolute Gasteiger partial charge is 0.196 e. The number of carbonyl (C=O) groups is 3. The van der Waals surface area contributed by atoms with Crippen molar-refractivity contribution in [3.05, 3.63) is 63.2 Å². The number of nitrogens with two attached hydrogens (primary N) is 1. The van der Waals surface area contributed by atoms with Gasteiger partial charge in [-0.3, -0.25) is 14.4 Å². The molecule has 0 amide bonds. The van der Waals surface area contributed by atoms with Crippen molar-refractivity contribution in [2.75, 3.05) is 5.73 Å². The van der Waals surface area contributed by atoms with Crippen LogP contribution in [-0.2, 0) is 0 Å². The lowest BCUT2D eigenvalue weighted by atomic mass is 9.82. The van der Waals surface area contributed by atoms with Gasteiger partial charge in [0.25, 0.3) is 0 Å². The van der Waals surface area contributed by atoms with Crippen LogP contribution in [0.15, 0.2) is 30.3 Å². The largest absolute Gasteiger partial charge is 0.398 e. The zero-order chi connectivity index (χ0) is 15.3. The number of hydrogen-bond donors (Lipinski definition) is 1. The molecule has 0 saturated heterocycles. The Bertz CT molecular complexity index is 840. The molecule has 0 aliphatic heterocycles. The van der Waals surface area contributed by atoms with Gasteiger partial charge in [0.05, 0.1) is 21.8 Å². The molecular formula is C16H10ClNO3. The summed E-state index contributed by atoms with van der Waals surface area (Å²) in [5, 5.41) is 0.0669. The number of halogens is 1. The molecule has 0 radical (unpaired) electrons. The fourth-order valence-corrected chi connectivity index (χ4v) is 2.85. The van der Waals surface area contributed by atoms with Gasteiger partial charge in [0.15, 0.2) is 17.3 Å². The summed E-state index contributed by atoms with van der Waals surface area (Å²) in [6.45, 7) is 1.33. The quantitative estimate of drug-likeness (QED) is 0.553. The molecule has 0 bridgehead atoms. The number of fused-ring (bicyclic) bond motifs is 2. The minimum Gasteiger partial charge on any atom is -0.398 e. The van der Waals surface area contributed by atoms with E-state index in [1.54, 1.807) is 24.3 Å². The van der Waals surface area contributed by atoms with E-state index in [9.17, 15) is 14.4 Å². The van der Waals surface area contributed by atoms with Crippen molar-refractivity contribution in [1.29, 1.82) is 0 Å². The van der Waals surface area contributed by atoms with Crippen LogP contribution in [0.25, 0.3) is 0 Å². The van der Waals surface area contributed by atoms with Gasteiger partial charge in [0.1, 0.15) is 0 Å². The Balaban J connectivity index is 2.41. The van der Waals surface area contributed by atoms with Gasteiger partial charge in [0.2, 0.25) is 0 Å². The van der Waals surface area contributed by atoms with Gasteiger partial charge in [-0.05, 0) is 13.0 Å². The molecule has 2 aromatic carbocycles. The number of ketones is 3. The highest BCUT2D eigenvalue weighted by molar-refractivity contribution is 6.40. The Hall–Kier alpha value is -2.46. The van der Waals surface area contributed by atoms with Crippen LogP contribution >= 0.6 is 11.6 Å². The van der Waals surface area contributed by atoms with Gasteiger partial charge in [-0.1, -0.05) is 35.9 Å². The van der Waals surface area contributed by atoms with Crippen LogP contribution in [0.4, 0.5) is 5.69 Å². The van der Waals surface area contributed by atoms with Gasteiger partial charge >= 0.3 is 0 Å². The summed E-state index contributed by atoms with van der Waals surface area (Å²) >= 11 is 6.11. The first-order valence-electron chi connectivity index (χ1n) is 6.24. The molecule has 5 heteroatoms. The number of nitrogen functional groups attached to an aromatic ring is 1. The van der Waals surface area contributed by atoms with E-state index in [1.165, 1.54) is 13.0 Å². The molecule has 0 unspecified atom stereocenters. The first-order chi connectivity index (χ1) is 9.93. The van der Waals surface area contributed by atoms with Crippen molar-refractivity contribution in [3.63, 3.8) is 0 Å². The van der Waals surface area contributed by atoms with Crippen LogP contribution in [0.2, 0.25) is 5.02 Å². The number of benzene rings is 2. The monoisotopic (exact) mass is 299 g/mol. The standard InChI is InChI=1S/C16H10ClNO3/c1-7(19)10-6-11(17)12-13(14(10)18)16(21)9-5-3-2-4-8(9)15(12)20/h2-6H,18H2,1H3. The van der Waals surface area contributed by atoms with Gasteiger partial charge in [0, 0.05) is 16.7 Å². The summed E-state index contributed by atoms with van der Waals surface area (Å²) in [5.74, 6) is -1.05. The zero-order valence-electron chi connectivity index (χ0n) is 11.1. The normalized spacial score (nSPS) is 12.9. The highest BCUT2D eigenvalue weighted by Crippen LogP contribution is 2.37. The van der Waals surface area contributed by atoms with Crippen LogP contribution in [-0.4, -0.2) is 17.3 Å². The lowest BCUT2D eigenvalue weighted by Crippen LogP contribution is -2.24. The van der Waals surface area contributed by atoms with E-state index in [2.05, 4.69) is 0 Å². The van der Waals surface area contributed by atoms with E-state index in [1.807, 2.05) is 0 Å². The second kappa shape index (κ2) is 4.53. The summed E-state index contributed by atoms with van der Waals surface area (Å²) in [7, 11) is 0. The molecular weight excluding hydrogens is 290 g/mol. The molecule has 104 valence electrons. The van der Waals surface area contributed by atoms with Crippen LogP contribution in [0, 0.1) is 0 Å². The van der Waals surface area contributed by atoms with E-state index in [-0.39, 0.29) is 50.3 Å². The highest BCUT2D eigenvalue weighted by atomic mass is 35.5. The second-order valence-electron chi connectivity index (χ2n) is 4.83. The Morgan fingerprint density at radius 3 is 2.10 bits per heavy atom. The number of rotatable bonds is 1. The molecule has 3 rings (SSSR count). The maximum absolute atomic E-state index is 12.6. The third-order valence-electron chi connectivity index (χ3n) is 3.57. The van der Waals surface area contributed by atoms with E-state index >= 15 is 0 Å². The molecule has 0 aromatic heterocycles. The van der Waals surface area contributed by atoms with Crippen molar-refractivity contribution in [2.24, 2.45) is 0 Å². The Labute approximate surface area is 125 Å². The van der Waals surface area contributed by atoms with E-state index in [0.717, 1.165) is 0 Å². The van der Waals surface area contributed by atoms with Crippen molar-refractivity contribution in [1.82, 2.24) is 0 Å². The van der Waals surface area contributed by atoms with E-state index in [4.69, 9.17) is 17.3 Å². The molecule has 0 atom stereocenters. The van der Waals surface area contributed by atoms with Crippen LogP contribution in [0.3, 0.4) is 0 Å². The maximum atomic E-state index is 12.6. The molecule has 0 fully saturated rings. The predicted octanol–water partition coefficient (Wildman–Crippen LogP) is 2.90. The summed E-state index contributed by atoms with van der Waals surface area (Å²) < 4.78 is 0. The fourth-order valence-electron chi connectivity index (χ4n) is 2.56. The number of anilines is 1. The van der Waals surface area contributed by atoms with Crippen molar-refractivity contribution >= 4 is 34.6 Å². The summed E-state index contributed by atoms with van der Waals surface area (Å²) in [6, 6.07) is 7.82. The lowest BCUT2D eigenvalue weighted by molar-refractivity contribution is 0.0978. The molecule has 4 nitrogen and oxygen atoms in total. The lowest BCUT2D eigenvalue weighted by Gasteiger charge is -2.21. The van der Waals surface area contributed by atoms with Crippen LogP contribution in [0.5, 0.6) is 0 Å². The summed E-state index contributed by atoms with van der Waals surface area (Å²) in [5.41, 5.74) is 6.76. The molecule has 1 aliphatic carbocycles. The number of hydrogen-bond acceptors (Lipinski definition) is 4. The predicted molar refractivity (Wildman–Crippen MR) is 79.2 cm³/mol. The molecule has 2 N–H and O–H groups in total. The zero-order valence-corrected chi connectivity index (χ0v) is 11.8. The number of Topliss-reactive ketones (excluding diaryl/α,β-unsaturated/α-hetero) is 1. The van der Waals surface area contributed by atoms with Gasteiger partial charge in [-0.2, -0.15) is 0 Å². The van der Waals surface area contributed by atoms with E-state index < -0.39 is 0 Å². The minimum atomic E-state index is -0.386. The molecule has 0 spiro atoms. The second-order valence-corrected chi connectivity index (χ2v) is 5.24. The van der Waals surface area contributed by atoms with E-state index in [0.29, 0.717) is 5.56 Å². The maximum Gasteiger partial charge on any atom is 0.196 e. The fraction of sp³-hybridized carbons (Fsp3) is 0.0625. The highest BCUT2D eigenvalue weighted by Gasteiger charge is 2.34. The topological polar surface area (TPSA) is 77.2 Å². The number of carbonyl (C=O) groups excluding carboxylic acids is 3. The van der Waals surface area contributed by atoms with Gasteiger partial charge in [-0.25, -0.2) is 0 Å². The minimum absolute atomic E-state index is 0.00903. The van der Waals surface area contributed by atoms with Crippen molar-refractivity contribution < 1.29 is 14.4 Å². The van der Waals surface area contributed by atoms with Crippen molar-refractivity contribution in [2.45, 2.75) is 6.92 Å². The first kappa shape index (κ1) is 13.5. The Morgan fingerprint density at radius 1 is 1.05 bits per heavy atom. The average molecular weight is 300 g/mol. The van der Waals surface area contributed by atoms with Crippen molar-refractivity contribution in [3.8, 4) is 0 Å². The van der Waals surface area contributed by atoms with Gasteiger partial charge < -0.3 is 5.73 Å². The van der Waals surface area contributed by atoms with Crippen LogP contribution in [0.1, 0.15) is 49.1 Å². The molecule has 0 heterocycles. The third kappa shape index (κ3) is 1.80. The average Bonchev–Trinajstić information content (AvgIpc) is 2.46. The molecule has 1 aliphatic rings. The molecule has 0 saturated carbocycles. The molecule has 21 heavy (non-hydrogen) atoms. The Kier molecular flexibility index (Phi) is 2.92. The molecule has 2 aromatic rings.